The number of fused-ring (bicyclic) bond motifs is 6. The third-order valence-corrected chi connectivity index (χ3v) is 12.1. The van der Waals surface area contributed by atoms with E-state index in [2.05, 4.69) is 6.58 Å². The number of aliphatic hydroxyl groups is 1. The second kappa shape index (κ2) is 7.93. The molecule has 4 saturated carbocycles. The number of carboxylic acid groups (broad SMARTS) is 1. The van der Waals surface area contributed by atoms with Crippen molar-refractivity contribution in [2.45, 2.75) is 66.2 Å². The number of Topliss-reactive ketones (excluding diaryl/α,β-unsaturated/α-hetero) is 2. The van der Waals surface area contributed by atoms with Crippen LogP contribution in [0, 0.1) is 51.2 Å². The van der Waals surface area contributed by atoms with E-state index in [9.17, 15) is 29.4 Å². The van der Waals surface area contributed by atoms with Gasteiger partial charge in [0.05, 0.1) is 17.4 Å². The molecule has 2 N–H and O–H groups in total. The van der Waals surface area contributed by atoms with E-state index in [4.69, 9.17) is 9.47 Å². The molecule has 0 aliphatic heterocycles. The molecule has 0 saturated heterocycles. The van der Waals surface area contributed by atoms with Crippen LogP contribution in [0.2, 0.25) is 0 Å². The lowest BCUT2D eigenvalue weighted by Crippen LogP contribution is -2.34. The SMILES string of the molecule is C=C1C(=O)C(OC(=O)C2(C)CC3CC4C(=O)C(O)=C(COC)C4(C)C3C2)=C2CC3CC(C)(C(=O)O)CC3C12C. The van der Waals surface area contributed by atoms with Crippen molar-refractivity contribution in [2.24, 2.45) is 51.2 Å². The molecule has 6 aliphatic carbocycles. The minimum Gasteiger partial charge on any atom is -0.504 e. The summed E-state index contributed by atoms with van der Waals surface area (Å²) >= 11 is 0. The molecule has 6 aliphatic rings. The smallest absolute Gasteiger partial charge is 0.317 e. The lowest BCUT2D eigenvalue weighted by molar-refractivity contribution is -0.152. The Bertz CT molecular complexity index is 1320. The molecule has 8 heteroatoms. The molecule has 4 fully saturated rings. The first-order valence-corrected chi connectivity index (χ1v) is 14.0. The van der Waals surface area contributed by atoms with Crippen LogP contribution >= 0.6 is 0 Å². The summed E-state index contributed by atoms with van der Waals surface area (Å²) in [5.41, 5.74) is -1.13. The van der Waals surface area contributed by atoms with Crippen LogP contribution in [0.25, 0.3) is 0 Å². The molecule has 0 heterocycles. The summed E-state index contributed by atoms with van der Waals surface area (Å²) in [4.78, 5) is 52.0. The maximum absolute atomic E-state index is 13.8. The van der Waals surface area contributed by atoms with Crippen LogP contribution in [-0.2, 0) is 28.7 Å². The molecule has 8 nitrogen and oxygen atoms in total. The molecule has 0 radical (unpaired) electrons. The number of ether oxygens (including phenoxy) is 2. The summed E-state index contributed by atoms with van der Waals surface area (Å²) in [6, 6.07) is 0. The van der Waals surface area contributed by atoms with Gasteiger partial charge in [0.25, 0.3) is 0 Å². The van der Waals surface area contributed by atoms with E-state index in [1.807, 2.05) is 20.8 Å². The van der Waals surface area contributed by atoms with Crippen LogP contribution < -0.4 is 0 Å². The number of carbonyl (C=O) groups excluding carboxylic acids is 3. The fourth-order valence-electron chi connectivity index (χ4n) is 9.92. The van der Waals surface area contributed by atoms with Gasteiger partial charge in [-0.1, -0.05) is 20.4 Å². The Morgan fingerprint density at radius 3 is 2.28 bits per heavy atom. The molecule has 0 bridgehead atoms. The van der Waals surface area contributed by atoms with Crippen molar-refractivity contribution >= 4 is 23.5 Å². The van der Waals surface area contributed by atoms with E-state index in [1.165, 1.54) is 0 Å². The van der Waals surface area contributed by atoms with Gasteiger partial charge >= 0.3 is 11.9 Å². The van der Waals surface area contributed by atoms with Gasteiger partial charge in [-0.25, -0.2) is 0 Å². The maximum atomic E-state index is 13.8. The average Bonchev–Trinajstić information content (AvgIpc) is 3.62. The van der Waals surface area contributed by atoms with Gasteiger partial charge in [-0.2, -0.15) is 0 Å². The number of carbonyl (C=O) groups is 4. The van der Waals surface area contributed by atoms with Gasteiger partial charge < -0.3 is 19.7 Å². The van der Waals surface area contributed by atoms with Crippen molar-refractivity contribution in [1.82, 2.24) is 0 Å². The first kappa shape index (κ1) is 26.5. The molecule has 0 aromatic rings. The zero-order valence-electron chi connectivity index (χ0n) is 23.4. The predicted molar refractivity (Wildman–Crippen MR) is 139 cm³/mol. The third-order valence-electron chi connectivity index (χ3n) is 12.1. The minimum absolute atomic E-state index is 0.00972. The van der Waals surface area contributed by atoms with Crippen molar-refractivity contribution in [3.63, 3.8) is 0 Å². The number of rotatable bonds is 5. The summed E-state index contributed by atoms with van der Waals surface area (Å²) in [7, 11) is 1.54. The van der Waals surface area contributed by atoms with Gasteiger partial charge in [-0.15, -0.1) is 0 Å². The molecule has 0 aromatic carbocycles. The lowest BCUT2D eigenvalue weighted by atomic mass is 9.69. The molecule has 0 amide bonds. The maximum Gasteiger partial charge on any atom is 0.317 e. The highest BCUT2D eigenvalue weighted by Crippen LogP contribution is 2.69. The highest BCUT2D eigenvalue weighted by Gasteiger charge is 2.68. The van der Waals surface area contributed by atoms with Crippen molar-refractivity contribution in [2.75, 3.05) is 13.7 Å². The quantitative estimate of drug-likeness (QED) is 0.386. The molecule has 0 aromatic heterocycles. The number of hydrogen-bond donors (Lipinski definition) is 2. The molecule has 9 atom stereocenters. The number of ketones is 2. The molecular formula is C31H38O8. The number of aliphatic carboxylic acids is 1. The number of allylic oxidation sites excluding steroid dienone is 3. The van der Waals surface area contributed by atoms with E-state index in [-0.39, 0.29) is 59.3 Å². The molecule has 0 spiro atoms. The Labute approximate surface area is 228 Å². The van der Waals surface area contributed by atoms with E-state index < -0.39 is 33.6 Å². The lowest BCUT2D eigenvalue weighted by Gasteiger charge is -2.34. The fourth-order valence-corrected chi connectivity index (χ4v) is 9.92. The van der Waals surface area contributed by atoms with Crippen LogP contribution in [0.15, 0.2) is 34.8 Å². The van der Waals surface area contributed by atoms with Gasteiger partial charge in [-0.3, -0.25) is 19.2 Å². The molecular weight excluding hydrogens is 500 g/mol. The van der Waals surface area contributed by atoms with Crippen molar-refractivity contribution in [3.8, 4) is 0 Å². The highest BCUT2D eigenvalue weighted by atomic mass is 16.5. The van der Waals surface area contributed by atoms with E-state index >= 15 is 0 Å². The van der Waals surface area contributed by atoms with Crippen LogP contribution in [0.3, 0.4) is 0 Å². The topological polar surface area (TPSA) is 127 Å². The second-order valence-electron chi connectivity index (χ2n) is 14.1. The zero-order chi connectivity index (χ0) is 28.4. The zero-order valence-corrected chi connectivity index (χ0v) is 23.4. The normalized spacial score (nSPS) is 46.2. The Morgan fingerprint density at radius 1 is 1.00 bits per heavy atom. The van der Waals surface area contributed by atoms with Gasteiger partial charge in [0.15, 0.2) is 11.5 Å². The largest absolute Gasteiger partial charge is 0.504 e. The molecule has 210 valence electrons. The van der Waals surface area contributed by atoms with Gasteiger partial charge in [0, 0.05) is 35.0 Å². The first-order chi connectivity index (χ1) is 18.1. The fraction of sp³-hybridized carbons (Fsp3) is 0.677. The standard InChI is InChI=1S/C31H38O8/c1-14-22(32)25(18-8-16-9-28(2,26(35)36)11-19(16)30(14,18)4)39-27(37)29(3)10-15-7-17-23(33)24(34)21(13-38-6)31(17,5)20(15)12-29/h15-17,19-20,34H,1,7-13H2,2-6H3,(H,35,36). The van der Waals surface area contributed by atoms with Gasteiger partial charge in [0.2, 0.25) is 11.6 Å². The van der Waals surface area contributed by atoms with Crippen LogP contribution in [-0.4, -0.2) is 47.4 Å². The van der Waals surface area contributed by atoms with Crippen molar-refractivity contribution < 1.29 is 38.9 Å². The Hall–Kier alpha value is -2.74. The van der Waals surface area contributed by atoms with Gasteiger partial charge in [-0.05, 0) is 81.6 Å². The van der Waals surface area contributed by atoms with E-state index in [0.29, 0.717) is 49.7 Å². The highest BCUT2D eigenvalue weighted by molar-refractivity contribution is 6.13. The van der Waals surface area contributed by atoms with Crippen molar-refractivity contribution in [1.29, 1.82) is 0 Å². The van der Waals surface area contributed by atoms with Crippen LogP contribution in [0.1, 0.15) is 66.2 Å². The summed E-state index contributed by atoms with van der Waals surface area (Å²) < 4.78 is 11.3. The first-order valence-electron chi connectivity index (χ1n) is 14.0. The molecule has 9 unspecified atom stereocenters. The van der Waals surface area contributed by atoms with Crippen LogP contribution in [0.4, 0.5) is 0 Å². The second-order valence-corrected chi connectivity index (χ2v) is 14.1. The number of hydrogen-bond acceptors (Lipinski definition) is 7. The summed E-state index contributed by atoms with van der Waals surface area (Å²) in [6.45, 7) is 11.9. The predicted octanol–water partition coefficient (Wildman–Crippen LogP) is 4.55. The Morgan fingerprint density at radius 2 is 1.64 bits per heavy atom. The Balaban J connectivity index is 1.26. The van der Waals surface area contributed by atoms with E-state index in [1.54, 1.807) is 14.0 Å². The molecule has 6 rings (SSSR count). The summed E-state index contributed by atoms with van der Waals surface area (Å²) in [6.07, 6.45) is 3.17. The van der Waals surface area contributed by atoms with Gasteiger partial charge in [0.1, 0.15) is 0 Å². The number of aliphatic hydroxyl groups excluding tert-OH is 1. The number of esters is 1. The van der Waals surface area contributed by atoms with Crippen molar-refractivity contribution in [3.05, 3.63) is 34.8 Å². The average molecular weight is 539 g/mol. The summed E-state index contributed by atoms with van der Waals surface area (Å²) in [5.74, 6) is -2.04. The van der Waals surface area contributed by atoms with Crippen LogP contribution in [0.5, 0.6) is 0 Å². The minimum atomic E-state index is -0.840. The third kappa shape index (κ3) is 3.10. The number of methoxy groups -OCH3 is 1. The summed E-state index contributed by atoms with van der Waals surface area (Å²) in [5, 5.41) is 20.4. The van der Waals surface area contributed by atoms with E-state index in [0.717, 1.165) is 5.57 Å². The Kier molecular flexibility index (Phi) is 5.38. The molecule has 39 heavy (non-hydrogen) atoms. The number of carboxylic acids is 1. The monoisotopic (exact) mass is 538 g/mol.